The Morgan fingerprint density at radius 1 is 1.46 bits per heavy atom. The number of aldehydes is 1. The highest BCUT2D eigenvalue weighted by atomic mass is 32.2. The van der Waals surface area contributed by atoms with Crippen LogP contribution in [0.1, 0.15) is 40.0 Å². The lowest BCUT2D eigenvalue weighted by molar-refractivity contribution is -0.123. The van der Waals surface area contributed by atoms with Crippen LogP contribution in [0.4, 0.5) is 0 Å². The first-order valence-corrected chi connectivity index (χ1v) is 9.53. The Balaban J connectivity index is 4.61. The number of hydrogen-bond donors (Lipinski definition) is 2. The predicted molar refractivity (Wildman–Crippen MR) is 107 cm³/mol. The number of ether oxygens (including phenoxy) is 1. The lowest BCUT2D eigenvalue weighted by Gasteiger charge is -2.27. The molecule has 0 rings (SSSR count). The minimum absolute atomic E-state index is 0.148. The molecule has 0 radical (unpaired) electrons. The van der Waals surface area contributed by atoms with Crippen molar-refractivity contribution in [2.24, 2.45) is 0 Å². The summed E-state index contributed by atoms with van der Waals surface area (Å²) in [4.78, 5) is 23.1. The fourth-order valence-corrected chi connectivity index (χ4v) is 3.04. The molecule has 6 nitrogen and oxygen atoms in total. The van der Waals surface area contributed by atoms with Crippen molar-refractivity contribution < 1.29 is 19.4 Å². The lowest BCUT2D eigenvalue weighted by atomic mass is 10.1. The summed E-state index contributed by atoms with van der Waals surface area (Å²) in [5.74, 6) is 0.358. The van der Waals surface area contributed by atoms with Crippen LogP contribution in [0.2, 0.25) is 0 Å². The molecule has 0 aliphatic heterocycles. The Morgan fingerprint density at radius 2 is 2.15 bits per heavy atom. The molecule has 2 unspecified atom stereocenters. The first kappa shape index (κ1) is 24.4. The van der Waals surface area contributed by atoms with Gasteiger partial charge < -0.3 is 20.0 Å². The lowest BCUT2D eigenvalue weighted by Crippen LogP contribution is -2.45. The van der Waals surface area contributed by atoms with Crippen molar-refractivity contribution in [3.63, 3.8) is 0 Å². The van der Waals surface area contributed by atoms with Crippen LogP contribution in [-0.4, -0.2) is 54.0 Å². The van der Waals surface area contributed by atoms with E-state index in [1.165, 1.54) is 0 Å². The summed E-state index contributed by atoms with van der Waals surface area (Å²) in [6, 6.07) is -0.386. The fraction of sp³-hybridized carbons (Fsp3) is 0.579. The van der Waals surface area contributed by atoms with Gasteiger partial charge >= 0.3 is 0 Å². The van der Waals surface area contributed by atoms with E-state index < -0.39 is 6.10 Å². The molecule has 0 aromatic heterocycles. The highest BCUT2D eigenvalue weighted by Crippen LogP contribution is 2.21. The van der Waals surface area contributed by atoms with E-state index in [0.29, 0.717) is 18.6 Å². The Labute approximate surface area is 161 Å². The molecule has 0 aromatic rings. The molecule has 0 aliphatic rings. The second-order valence-electron chi connectivity index (χ2n) is 5.92. The van der Waals surface area contributed by atoms with Crippen molar-refractivity contribution in [2.45, 2.75) is 52.2 Å². The van der Waals surface area contributed by atoms with Gasteiger partial charge in [0.25, 0.3) is 0 Å². The average molecular weight is 385 g/mol. The third kappa shape index (κ3) is 11.9. The SMILES string of the molecule is C=C(/C=C\C=C(/C)SN(CCC)CC(O)C(C)NC(=O)CCC=O)OC. The summed E-state index contributed by atoms with van der Waals surface area (Å²) >= 11 is 1.56. The number of rotatable bonds is 14. The van der Waals surface area contributed by atoms with E-state index >= 15 is 0 Å². The largest absolute Gasteiger partial charge is 0.497 e. The van der Waals surface area contributed by atoms with Crippen LogP contribution >= 0.6 is 11.9 Å². The van der Waals surface area contributed by atoms with Crippen LogP contribution in [0.15, 0.2) is 35.5 Å². The number of carbonyl (C=O) groups is 2. The topological polar surface area (TPSA) is 78.9 Å². The van der Waals surface area contributed by atoms with E-state index in [1.54, 1.807) is 32.1 Å². The molecule has 2 N–H and O–H groups in total. The van der Waals surface area contributed by atoms with Crippen LogP contribution < -0.4 is 5.32 Å². The van der Waals surface area contributed by atoms with Gasteiger partial charge in [-0.1, -0.05) is 25.7 Å². The summed E-state index contributed by atoms with van der Waals surface area (Å²) in [6.07, 6.45) is 6.90. The van der Waals surface area contributed by atoms with Crippen molar-refractivity contribution in [3.8, 4) is 0 Å². The number of nitrogens with zero attached hydrogens (tertiary/aromatic N) is 1. The molecule has 0 aromatic carbocycles. The van der Waals surface area contributed by atoms with Crippen LogP contribution in [-0.2, 0) is 14.3 Å². The van der Waals surface area contributed by atoms with Crippen molar-refractivity contribution in [2.75, 3.05) is 20.2 Å². The molecule has 148 valence electrons. The molecule has 0 bridgehead atoms. The Kier molecular flexibility index (Phi) is 13.7. The third-order valence-corrected chi connectivity index (χ3v) is 4.48. The maximum atomic E-state index is 11.7. The second-order valence-corrected chi connectivity index (χ2v) is 7.26. The molecular weight excluding hydrogens is 352 g/mol. The monoisotopic (exact) mass is 384 g/mol. The van der Waals surface area contributed by atoms with Gasteiger partial charge in [-0.3, -0.25) is 4.79 Å². The first-order valence-electron chi connectivity index (χ1n) is 8.75. The van der Waals surface area contributed by atoms with E-state index in [9.17, 15) is 14.7 Å². The normalized spacial score (nSPS) is 14.3. The van der Waals surface area contributed by atoms with Gasteiger partial charge in [-0.2, -0.15) is 0 Å². The van der Waals surface area contributed by atoms with Crippen LogP contribution in [0, 0.1) is 0 Å². The number of amides is 1. The third-order valence-electron chi connectivity index (χ3n) is 3.47. The zero-order valence-corrected chi connectivity index (χ0v) is 17.1. The molecule has 1 amide bonds. The maximum absolute atomic E-state index is 11.7. The van der Waals surface area contributed by atoms with Gasteiger partial charge in [0, 0.05) is 25.9 Å². The van der Waals surface area contributed by atoms with Crippen LogP contribution in [0.3, 0.4) is 0 Å². The van der Waals surface area contributed by atoms with Gasteiger partial charge in [-0.05, 0) is 43.2 Å². The maximum Gasteiger partial charge on any atom is 0.220 e. The first-order chi connectivity index (χ1) is 12.3. The van der Waals surface area contributed by atoms with Gasteiger partial charge in [0.2, 0.25) is 5.91 Å². The standard InChI is InChI=1S/C19H32N2O4S/c1-6-12-21(26-16(3)10-7-9-15(2)25-5)14-18(23)17(4)20-19(24)11-8-13-22/h7,9-10,13,17-18,23H,2,6,8,11-12,14H2,1,3-5H3,(H,20,24)/b9-7-,16-10+. The highest BCUT2D eigenvalue weighted by molar-refractivity contribution is 8.00. The zero-order valence-electron chi connectivity index (χ0n) is 16.2. The van der Waals surface area contributed by atoms with Gasteiger partial charge in [0.15, 0.2) is 0 Å². The molecule has 2 atom stereocenters. The van der Waals surface area contributed by atoms with Gasteiger partial charge in [0.05, 0.1) is 19.3 Å². The summed E-state index contributed by atoms with van der Waals surface area (Å²) < 4.78 is 7.05. The molecule has 0 saturated heterocycles. The molecule has 0 saturated carbocycles. The quantitative estimate of drug-likeness (QED) is 0.207. The predicted octanol–water partition coefficient (Wildman–Crippen LogP) is 2.81. The molecular formula is C19H32N2O4S. The summed E-state index contributed by atoms with van der Waals surface area (Å²) in [6.45, 7) is 10.8. The number of aliphatic hydroxyl groups is 1. The molecule has 0 spiro atoms. The summed E-state index contributed by atoms with van der Waals surface area (Å²) in [5.41, 5.74) is 0. The van der Waals surface area contributed by atoms with E-state index in [1.807, 2.05) is 19.1 Å². The Morgan fingerprint density at radius 3 is 2.73 bits per heavy atom. The number of carbonyl (C=O) groups excluding carboxylic acids is 2. The van der Waals surface area contributed by atoms with Crippen LogP contribution in [0.5, 0.6) is 0 Å². The number of allylic oxidation sites excluding steroid dienone is 4. The van der Waals surface area contributed by atoms with Crippen molar-refractivity contribution in [1.82, 2.24) is 9.62 Å². The molecule has 7 heteroatoms. The average Bonchev–Trinajstić information content (AvgIpc) is 2.59. The van der Waals surface area contributed by atoms with Gasteiger partial charge in [0.1, 0.15) is 12.0 Å². The number of nitrogens with one attached hydrogen (secondary N) is 1. The second kappa shape index (κ2) is 14.6. The highest BCUT2D eigenvalue weighted by Gasteiger charge is 2.20. The molecule has 0 aliphatic carbocycles. The molecule has 0 fully saturated rings. The fourth-order valence-electron chi connectivity index (χ4n) is 2.00. The smallest absolute Gasteiger partial charge is 0.220 e. The van der Waals surface area contributed by atoms with Crippen molar-refractivity contribution >= 4 is 24.1 Å². The van der Waals surface area contributed by atoms with Gasteiger partial charge in [-0.15, -0.1) is 0 Å². The molecule has 26 heavy (non-hydrogen) atoms. The number of methoxy groups -OCH3 is 1. The van der Waals surface area contributed by atoms with E-state index in [-0.39, 0.29) is 24.8 Å². The number of aliphatic hydroxyl groups excluding tert-OH is 1. The minimum Gasteiger partial charge on any atom is -0.497 e. The number of hydrogen-bond acceptors (Lipinski definition) is 6. The van der Waals surface area contributed by atoms with E-state index in [2.05, 4.69) is 23.1 Å². The summed E-state index contributed by atoms with van der Waals surface area (Å²) in [7, 11) is 1.57. The zero-order chi connectivity index (χ0) is 19.9. The van der Waals surface area contributed by atoms with Gasteiger partial charge in [-0.25, -0.2) is 4.31 Å². The Hall–Kier alpha value is -1.57. The summed E-state index contributed by atoms with van der Waals surface area (Å²) in [5, 5.41) is 13.1. The van der Waals surface area contributed by atoms with E-state index in [4.69, 9.17) is 4.74 Å². The van der Waals surface area contributed by atoms with Crippen LogP contribution in [0.25, 0.3) is 0 Å². The molecule has 0 heterocycles. The minimum atomic E-state index is -0.703. The van der Waals surface area contributed by atoms with Crippen molar-refractivity contribution in [1.29, 1.82) is 0 Å². The van der Waals surface area contributed by atoms with Crippen molar-refractivity contribution in [3.05, 3.63) is 35.5 Å². The van der Waals surface area contributed by atoms with E-state index in [0.717, 1.165) is 17.9 Å². The Bertz CT molecular complexity index is 506.